The number of rotatable bonds is 5. The van der Waals surface area contributed by atoms with Crippen LogP contribution in [0.4, 0.5) is 14.7 Å². The molecule has 1 N–H and O–H groups in total. The fourth-order valence-electron chi connectivity index (χ4n) is 1.43. The summed E-state index contributed by atoms with van der Waals surface area (Å²) in [4.78, 5) is 7.69. The van der Waals surface area contributed by atoms with E-state index in [1.807, 2.05) is 6.92 Å². The molecular formula is C13H11BrClF2N3O. The van der Waals surface area contributed by atoms with Crippen molar-refractivity contribution in [3.05, 3.63) is 39.5 Å². The number of hydrogen-bond acceptors (Lipinski definition) is 4. The number of hydrogen-bond donors (Lipinski definition) is 1. The van der Waals surface area contributed by atoms with Crippen molar-refractivity contribution in [2.75, 3.05) is 11.9 Å². The molecule has 8 heteroatoms. The third kappa shape index (κ3) is 4.01. The minimum Gasteiger partial charge on any atom is -0.435 e. The Morgan fingerprint density at radius 1 is 1.33 bits per heavy atom. The van der Waals surface area contributed by atoms with Gasteiger partial charge in [-0.2, -0.15) is 9.37 Å². The summed E-state index contributed by atoms with van der Waals surface area (Å²) in [5.41, 5.74) is 0. The van der Waals surface area contributed by atoms with Crippen LogP contribution in [0.15, 0.2) is 22.8 Å². The smallest absolute Gasteiger partial charge is 0.260 e. The van der Waals surface area contributed by atoms with Crippen molar-refractivity contribution >= 4 is 33.5 Å². The second-order valence-electron chi connectivity index (χ2n) is 4.07. The molecule has 0 atom stereocenters. The molecule has 1 heterocycles. The molecular weight excluding hydrogens is 368 g/mol. The summed E-state index contributed by atoms with van der Waals surface area (Å²) in [5, 5.41) is 2.84. The first-order valence-corrected chi connectivity index (χ1v) is 7.27. The van der Waals surface area contributed by atoms with Gasteiger partial charge in [0.1, 0.15) is 11.6 Å². The number of halogens is 4. The second-order valence-corrected chi connectivity index (χ2v) is 5.33. The lowest BCUT2D eigenvalue weighted by molar-refractivity contribution is 0.415. The highest BCUT2D eigenvalue weighted by Crippen LogP contribution is 2.34. The fourth-order valence-corrected chi connectivity index (χ4v) is 2.15. The Kier molecular flexibility index (Phi) is 5.30. The zero-order valence-electron chi connectivity index (χ0n) is 11.0. The molecule has 4 nitrogen and oxygen atoms in total. The minimum absolute atomic E-state index is 0.0657. The topological polar surface area (TPSA) is 47.0 Å². The van der Waals surface area contributed by atoms with Crippen LogP contribution in [0.25, 0.3) is 0 Å². The van der Waals surface area contributed by atoms with Crippen LogP contribution in [-0.2, 0) is 0 Å². The largest absolute Gasteiger partial charge is 0.435 e. The van der Waals surface area contributed by atoms with Crippen LogP contribution >= 0.6 is 27.5 Å². The van der Waals surface area contributed by atoms with Crippen molar-refractivity contribution < 1.29 is 13.5 Å². The van der Waals surface area contributed by atoms with Crippen LogP contribution in [0.5, 0.6) is 11.6 Å². The molecule has 0 fully saturated rings. The van der Waals surface area contributed by atoms with Gasteiger partial charge in [-0.15, -0.1) is 0 Å². The molecule has 0 spiro atoms. The van der Waals surface area contributed by atoms with Crippen LogP contribution in [0.2, 0.25) is 5.02 Å². The lowest BCUT2D eigenvalue weighted by Gasteiger charge is -2.10. The van der Waals surface area contributed by atoms with Crippen molar-refractivity contribution in [3.63, 3.8) is 0 Å². The highest BCUT2D eigenvalue weighted by Gasteiger charge is 2.14. The van der Waals surface area contributed by atoms with Gasteiger partial charge < -0.3 is 10.1 Å². The molecule has 0 amide bonds. The maximum absolute atomic E-state index is 13.7. The predicted octanol–water partition coefficient (Wildman–Crippen LogP) is 4.78. The average Bonchev–Trinajstić information content (AvgIpc) is 2.45. The molecule has 0 saturated heterocycles. The van der Waals surface area contributed by atoms with Crippen molar-refractivity contribution in [1.82, 2.24) is 9.97 Å². The van der Waals surface area contributed by atoms with E-state index in [0.29, 0.717) is 11.0 Å². The van der Waals surface area contributed by atoms with Gasteiger partial charge in [0, 0.05) is 12.6 Å². The first-order valence-electron chi connectivity index (χ1n) is 6.10. The number of anilines is 1. The summed E-state index contributed by atoms with van der Waals surface area (Å²) in [7, 11) is 0. The summed E-state index contributed by atoms with van der Waals surface area (Å²) >= 11 is 8.80. The van der Waals surface area contributed by atoms with Gasteiger partial charge in [-0.25, -0.2) is 9.37 Å². The first kappa shape index (κ1) is 15.9. The lowest BCUT2D eigenvalue weighted by atomic mass is 10.3. The second kappa shape index (κ2) is 7.00. The fraction of sp³-hybridized carbons (Fsp3) is 0.231. The van der Waals surface area contributed by atoms with E-state index in [1.54, 1.807) is 0 Å². The number of aromatic nitrogens is 2. The lowest BCUT2D eigenvalue weighted by Crippen LogP contribution is -2.06. The molecule has 1 aromatic heterocycles. The van der Waals surface area contributed by atoms with Crippen molar-refractivity contribution in [1.29, 1.82) is 0 Å². The summed E-state index contributed by atoms with van der Waals surface area (Å²) < 4.78 is 32.8. The van der Waals surface area contributed by atoms with E-state index in [4.69, 9.17) is 16.3 Å². The van der Waals surface area contributed by atoms with Gasteiger partial charge in [-0.1, -0.05) is 18.5 Å². The molecule has 1 aromatic carbocycles. The summed E-state index contributed by atoms with van der Waals surface area (Å²) in [6.45, 7) is 2.62. The van der Waals surface area contributed by atoms with Crippen molar-refractivity contribution in [2.45, 2.75) is 13.3 Å². The highest BCUT2D eigenvalue weighted by atomic mass is 79.9. The molecule has 0 aliphatic carbocycles. The maximum Gasteiger partial charge on any atom is 0.260 e. The van der Waals surface area contributed by atoms with Crippen LogP contribution < -0.4 is 10.1 Å². The van der Waals surface area contributed by atoms with E-state index in [2.05, 4.69) is 31.2 Å². The van der Waals surface area contributed by atoms with E-state index in [1.165, 1.54) is 6.07 Å². The van der Waals surface area contributed by atoms with E-state index < -0.39 is 11.6 Å². The van der Waals surface area contributed by atoms with Gasteiger partial charge in [-0.3, -0.25) is 0 Å². The normalized spacial score (nSPS) is 10.5. The Morgan fingerprint density at radius 2 is 2.10 bits per heavy atom. The monoisotopic (exact) mass is 377 g/mol. The summed E-state index contributed by atoms with van der Waals surface area (Å²) in [6, 6.07) is 2.37. The molecule has 0 unspecified atom stereocenters. The van der Waals surface area contributed by atoms with Crippen LogP contribution in [0.1, 0.15) is 13.3 Å². The minimum atomic E-state index is -0.751. The highest BCUT2D eigenvalue weighted by molar-refractivity contribution is 9.10. The number of nitrogens with zero attached hydrogens (tertiary/aromatic N) is 2. The Labute approximate surface area is 133 Å². The zero-order valence-corrected chi connectivity index (χ0v) is 13.3. The molecule has 2 rings (SSSR count). The van der Waals surface area contributed by atoms with Crippen molar-refractivity contribution in [3.8, 4) is 11.6 Å². The third-order valence-corrected chi connectivity index (χ3v) is 3.34. The van der Waals surface area contributed by atoms with Crippen molar-refractivity contribution in [2.24, 2.45) is 0 Å². The molecule has 0 radical (unpaired) electrons. The molecule has 112 valence electrons. The van der Waals surface area contributed by atoms with Crippen LogP contribution in [-0.4, -0.2) is 16.5 Å². The Morgan fingerprint density at radius 3 is 2.81 bits per heavy atom. The quantitative estimate of drug-likeness (QED) is 0.760. The number of benzene rings is 1. The molecule has 0 aliphatic heterocycles. The van der Waals surface area contributed by atoms with Crippen LogP contribution in [0.3, 0.4) is 0 Å². The summed E-state index contributed by atoms with van der Waals surface area (Å²) in [6.07, 6.45) is 1.85. The Hall–Kier alpha value is -1.47. The van der Waals surface area contributed by atoms with Gasteiger partial charge in [0.2, 0.25) is 11.8 Å². The predicted molar refractivity (Wildman–Crippen MR) is 80.0 cm³/mol. The Bertz CT molecular complexity index is 658. The van der Waals surface area contributed by atoms with E-state index in [9.17, 15) is 8.78 Å². The molecule has 21 heavy (non-hydrogen) atoms. The Balaban J connectivity index is 2.28. The van der Waals surface area contributed by atoms with Gasteiger partial charge in [0.05, 0.1) is 15.7 Å². The maximum atomic E-state index is 13.7. The van der Waals surface area contributed by atoms with E-state index in [0.717, 1.165) is 18.7 Å². The standard InChI is InChI=1S/C13H11BrClF2N3O/c1-2-3-18-13-19-6-10(17)12(20-13)21-11-5-9(16)8(15)4-7(11)14/h4-6H,2-3H2,1H3,(H,18,19,20). The van der Waals surface area contributed by atoms with Gasteiger partial charge in [-0.05, 0) is 28.4 Å². The first-order chi connectivity index (χ1) is 10.0. The number of nitrogens with one attached hydrogen (secondary N) is 1. The zero-order chi connectivity index (χ0) is 15.4. The van der Waals surface area contributed by atoms with Gasteiger partial charge in [0.25, 0.3) is 5.88 Å². The van der Waals surface area contributed by atoms with E-state index in [-0.39, 0.29) is 22.6 Å². The van der Waals surface area contributed by atoms with Crippen LogP contribution in [0, 0.1) is 11.6 Å². The molecule has 0 aliphatic rings. The molecule has 2 aromatic rings. The summed E-state index contributed by atoms with van der Waals surface area (Å²) in [5.74, 6) is -1.42. The van der Waals surface area contributed by atoms with Gasteiger partial charge >= 0.3 is 0 Å². The SMILES string of the molecule is CCCNc1ncc(F)c(Oc2cc(F)c(Cl)cc2Br)n1. The van der Waals surface area contributed by atoms with E-state index >= 15 is 0 Å². The molecule has 0 bridgehead atoms. The van der Waals surface area contributed by atoms with Gasteiger partial charge in [0.15, 0.2) is 0 Å². The molecule has 0 saturated carbocycles. The number of ether oxygens (including phenoxy) is 1. The average molecular weight is 379 g/mol. The third-order valence-electron chi connectivity index (χ3n) is 2.43.